The number of hydrogen-bond acceptors (Lipinski definition) is 2. The van der Waals surface area contributed by atoms with Crippen LogP contribution in [-0.4, -0.2) is 10.5 Å². The van der Waals surface area contributed by atoms with Gasteiger partial charge in [-0.1, -0.05) is 23.2 Å². The van der Waals surface area contributed by atoms with Crippen LogP contribution in [0.5, 0.6) is 0 Å². The molecule has 0 spiro atoms. The third-order valence-electron chi connectivity index (χ3n) is 3.88. The minimum atomic E-state index is -0.349. The van der Waals surface area contributed by atoms with Gasteiger partial charge in [-0.05, 0) is 50.8 Å². The van der Waals surface area contributed by atoms with Gasteiger partial charge in [0, 0.05) is 22.1 Å². The van der Waals surface area contributed by atoms with Crippen LogP contribution in [0.25, 0.3) is 0 Å². The second-order valence-electron chi connectivity index (χ2n) is 5.62. The van der Waals surface area contributed by atoms with Crippen LogP contribution in [0.1, 0.15) is 33.8 Å². The molecule has 1 aliphatic rings. The quantitative estimate of drug-likeness (QED) is 0.791. The average molecular weight is 355 g/mol. The number of thiazole rings is 1. The molecule has 0 N–H and O–H groups in total. The lowest BCUT2D eigenvalue weighted by Gasteiger charge is -2.05. The van der Waals surface area contributed by atoms with E-state index in [4.69, 9.17) is 23.2 Å². The number of nitrogens with zero attached hydrogens (tertiary/aromatic N) is 2. The molecule has 1 amide bonds. The zero-order valence-corrected chi connectivity index (χ0v) is 14.7. The van der Waals surface area contributed by atoms with Gasteiger partial charge < -0.3 is 4.57 Å². The van der Waals surface area contributed by atoms with Crippen LogP contribution in [0.4, 0.5) is 0 Å². The summed E-state index contributed by atoms with van der Waals surface area (Å²) in [6.45, 7) is 5.06. The summed E-state index contributed by atoms with van der Waals surface area (Å²) < 4.78 is 2.15. The van der Waals surface area contributed by atoms with Crippen molar-refractivity contribution in [3.63, 3.8) is 0 Å². The Kier molecular flexibility index (Phi) is 4.44. The predicted molar refractivity (Wildman–Crippen MR) is 90.9 cm³/mol. The first-order chi connectivity index (χ1) is 10.5. The molecule has 0 atom stereocenters. The number of amides is 1. The van der Waals surface area contributed by atoms with Gasteiger partial charge in [-0.2, -0.15) is 4.99 Å². The number of hydrogen-bond donors (Lipinski definition) is 0. The molecule has 2 aromatic rings. The fraction of sp³-hybridized carbons (Fsp3) is 0.375. The number of aromatic nitrogens is 1. The van der Waals surface area contributed by atoms with Crippen molar-refractivity contribution in [2.75, 3.05) is 0 Å². The Hall–Kier alpha value is -1.10. The van der Waals surface area contributed by atoms with Gasteiger partial charge in [0.2, 0.25) is 0 Å². The van der Waals surface area contributed by atoms with Gasteiger partial charge in [0.15, 0.2) is 4.80 Å². The van der Waals surface area contributed by atoms with E-state index in [1.54, 1.807) is 29.5 Å². The van der Waals surface area contributed by atoms with E-state index in [1.165, 1.54) is 23.4 Å². The van der Waals surface area contributed by atoms with E-state index in [2.05, 4.69) is 23.4 Å². The molecule has 1 saturated carbocycles. The number of halogens is 2. The molecule has 1 aromatic carbocycles. The zero-order chi connectivity index (χ0) is 15.9. The highest BCUT2D eigenvalue weighted by Gasteiger charge is 2.23. The van der Waals surface area contributed by atoms with Crippen molar-refractivity contribution in [1.82, 2.24) is 4.57 Å². The van der Waals surface area contributed by atoms with Crippen molar-refractivity contribution in [3.05, 3.63) is 49.2 Å². The summed E-state index contributed by atoms with van der Waals surface area (Å²) in [7, 11) is 0. The molecule has 1 heterocycles. The van der Waals surface area contributed by atoms with Crippen molar-refractivity contribution in [3.8, 4) is 0 Å². The van der Waals surface area contributed by atoms with Crippen molar-refractivity contribution in [2.45, 2.75) is 33.2 Å². The fourth-order valence-corrected chi connectivity index (χ4v) is 3.62. The normalized spacial score (nSPS) is 15.4. The maximum Gasteiger partial charge on any atom is 0.281 e. The summed E-state index contributed by atoms with van der Waals surface area (Å²) in [6.07, 6.45) is 2.52. The molecule has 0 saturated heterocycles. The molecular formula is C16H16Cl2N2OS. The lowest BCUT2D eigenvalue weighted by Crippen LogP contribution is -2.19. The van der Waals surface area contributed by atoms with Crippen molar-refractivity contribution in [2.24, 2.45) is 10.9 Å². The highest BCUT2D eigenvalue weighted by molar-refractivity contribution is 7.09. The maximum atomic E-state index is 12.4. The van der Waals surface area contributed by atoms with E-state index < -0.39 is 0 Å². The summed E-state index contributed by atoms with van der Waals surface area (Å²) in [4.78, 5) is 18.7. The summed E-state index contributed by atoms with van der Waals surface area (Å²) in [6, 6.07) is 4.84. The molecule has 1 aromatic heterocycles. The van der Waals surface area contributed by atoms with Crippen LogP contribution in [0.3, 0.4) is 0 Å². The van der Waals surface area contributed by atoms with E-state index in [-0.39, 0.29) is 5.91 Å². The van der Waals surface area contributed by atoms with Crippen molar-refractivity contribution < 1.29 is 4.79 Å². The zero-order valence-electron chi connectivity index (χ0n) is 12.4. The highest BCUT2D eigenvalue weighted by atomic mass is 35.5. The van der Waals surface area contributed by atoms with E-state index in [0.717, 1.165) is 17.3 Å². The molecule has 6 heteroatoms. The van der Waals surface area contributed by atoms with Crippen LogP contribution in [0.2, 0.25) is 10.0 Å². The highest BCUT2D eigenvalue weighted by Crippen LogP contribution is 2.31. The third-order valence-corrected chi connectivity index (χ3v) is 5.54. The van der Waals surface area contributed by atoms with Gasteiger partial charge in [-0.3, -0.25) is 4.79 Å². The Labute approximate surface area is 143 Å². The van der Waals surface area contributed by atoms with Crippen LogP contribution in [-0.2, 0) is 6.54 Å². The lowest BCUT2D eigenvalue weighted by atomic mass is 10.2. The van der Waals surface area contributed by atoms with Crippen molar-refractivity contribution in [1.29, 1.82) is 0 Å². The number of benzene rings is 1. The lowest BCUT2D eigenvalue weighted by molar-refractivity contribution is 0.0998. The van der Waals surface area contributed by atoms with Gasteiger partial charge >= 0.3 is 0 Å². The molecule has 0 unspecified atom stereocenters. The molecule has 116 valence electrons. The Morgan fingerprint density at radius 3 is 2.77 bits per heavy atom. The predicted octanol–water partition coefficient (Wildman–Crippen LogP) is 4.62. The Morgan fingerprint density at radius 2 is 2.09 bits per heavy atom. The molecule has 1 fully saturated rings. The van der Waals surface area contributed by atoms with Crippen LogP contribution in [0.15, 0.2) is 23.2 Å². The van der Waals surface area contributed by atoms with E-state index in [1.807, 2.05) is 0 Å². The summed E-state index contributed by atoms with van der Waals surface area (Å²) >= 11 is 13.6. The number of carbonyl (C=O) groups excluding carboxylic acids is 1. The van der Waals surface area contributed by atoms with E-state index in [9.17, 15) is 4.79 Å². The van der Waals surface area contributed by atoms with Crippen molar-refractivity contribution >= 4 is 40.4 Å². The number of carbonyl (C=O) groups is 1. The second kappa shape index (κ2) is 6.19. The minimum Gasteiger partial charge on any atom is -0.320 e. The maximum absolute atomic E-state index is 12.4. The first kappa shape index (κ1) is 15.8. The Morgan fingerprint density at radius 1 is 1.36 bits per heavy atom. The summed E-state index contributed by atoms with van der Waals surface area (Å²) in [5, 5.41) is 0.851. The molecule has 0 bridgehead atoms. The first-order valence-electron chi connectivity index (χ1n) is 7.16. The van der Waals surface area contributed by atoms with E-state index >= 15 is 0 Å². The second-order valence-corrected chi connectivity index (χ2v) is 7.65. The Bertz CT molecular complexity index is 803. The summed E-state index contributed by atoms with van der Waals surface area (Å²) in [5.41, 5.74) is 1.52. The van der Waals surface area contributed by atoms with Gasteiger partial charge in [0.25, 0.3) is 5.91 Å². The standard InChI is InChI=1S/C16H16Cl2N2OS/c1-9-10(2)22-16(20(9)8-11-3-4-11)19-15(21)13-7-12(17)5-6-14(13)18/h5-7,11H,3-4,8H2,1-2H3/b19-16-. The average Bonchev–Trinajstić information content (AvgIpc) is 3.25. The fourth-order valence-electron chi connectivity index (χ4n) is 2.26. The number of aryl methyl sites for hydroxylation is 1. The van der Waals surface area contributed by atoms with Gasteiger partial charge in [0.1, 0.15) is 0 Å². The largest absolute Gasteiger partial charge is 0.320 e. The first-order valence-corrected chi connectivity index (χ1v) is 8.74. The molecule has 1 aliphatic carbocycles. The molecule has 0 radical (unpaired) electrons. The topological polar surface area (TPSA) is 34.4 Å². The van der Waals surface area contributed by atoms with Crippen LogP contribution in [0, 0.1) is 19.8 Å². The smallest absolute Gasteiger partial charge is 0.281 e. The number of rotatable bonds is 3. The molecule has 22 heavy (non-hydrogen) atoms. The van der Waals surface area contributed by atoms with Gasteiger partial charge in [0.05, 0.1) is 10.6 Å². The molecular weight excluding hydrogens is 339 g/mol. The van der Waals surface area contributed by atoms with Crippen LogP contribution >= 0.6 is 34.5 Å². The minimum absolute atomic E-state index is 0.343. The summed E-state index contributed by atoms with van der Waals surface area (Å²) in [5.74, 6) is 0.370. The van der Waals surface area contributed by atoms with E-state index in [0.29, 0.717) is 15.6 Å². The van der Waals surface area contributed by atoms with Gasteiger partial charge in [-0.25, -0.2) is 0 Å². The molecule has 3 rings (SSSR count). The SMILES string of the molecule is Cc1s/c(=N\C(=O)c2cc(Cl)ccc2Cl)n(CC2CC2)c1C. The van der Waals surface area contributed by atoms with Gasteiger partial charge in [-0.15, -0.1) is 11.3 Å². The molecule has 0 aliphatic heterocycles. The Balaban J connectivity index is 2.02. The molecule has 3 nitrogen and oxygen atoms in total. The van der Waals surface area contributed by atoms with Crippen LogP contribution < -0.4 is 4.80 Å². The third kappa shape index (κ3) is 3.29. The monoisotopic (exact) mass is 354 g/mol.